The molecule has 2 aliphatic carbocycles. The number of carbonyl (C=O) groups is 1. The number of hydrogen-bond donors (Lipinski definition) is 5. The molecule has 2 heterocycles. The summed E-state index contributed by atoms with van der Waals surface area (Å²) in [5, 5.41) is 30.4. The third kappa shape index (κ3) is 9.21. The zero-order chi connectivity index (χ0) is 24.1. The van der Waals surface area contributed by atoms with E-state index < -0.39 is 12.2 Å². The van der Waals surface area contributed by atoms with E-state index in [0.29, 0.717) is 17.4 Å². The van der Waals surface area contributed by atoms with Crippen LogP contribution in [0, 0.1) is 0 Å². The second-order valence-electron chi connectivity index (χ2n) is 7.81. The molecule has 1 atom stereocenters. The van der Waals surface area contributed by atoms with Gasteiger partial charge < -0.3 is 20.8 Å². The normalized spacial score (nSPS) is 16.7. The molecule has 9 nitrogen and oxygen atoms in total. The van der Waals surface area contributed by atoms with Crippen molar-refractivity contribution in [2.24, 2.45) is 0 Å². The molecule has 180 valence electrons. The largest absolute Gasteiger partial charge is 0.465 e. The lowest BCUT2D eigenvalue weighted by molar-refractivity contribution is 0.189. The Morgan fingerprint density at radius 2 is 1.75 bits per heavy atom. The summed E-state index contributed by atoms with van der Waals surface area (Å²) in [4.78, 5) is 18.3. The quantitative estimate of drug-likeness (QED) is 0.406. The molecule has 32 heavy (non-hydrogen) atoms. The first-order valence-electron chi connectivity index (χ1n) is 11.7. The van der Waals surface area contributed by atoms with E-state index in [9.17, 15) is 9.90 Å². The highest BCUT2D eigenvalue weighted by molar-refractivity contribution is 5.66. The van der Waals surface area contributed by atoms with Crippen molar-refractivity contribution in [3.05, 3.63) is 29.8 Å². The zero-order valence-electron chi connectivity index (χ0n) is 20.3. The molecular formula is C23H40N6O3. The van der Waals surface area contributed by atoms with Crippen LogP contribution in [-0.4, -0.2) is 42.0 Å². The van der Waals surface area contributed by atoms with Gasteiger partial charge >= 0.3 is 6.09 Å². The number of nitrogens with zero attached hydrogens (tertiary/aromatic N) is 3. The molecule has 0 radical (unpaired) electrons. The van der Waals surface area contributed by atoms with E-state index >= 15 is 0 Å². The Labute approximate surface area is 191 Å². The molecule has 2 saturated carbocycles. The van der Waals surface area contributed by atoms with Gasteiger partial charge in [-0.25, -0.2) is 9.78 Å². The van der Waals surface area contributed by atoms with Gasteiger partial charge in [0.15, 0.2) is 5.82 Å². The van der Waals surface area contributed by atoms with Gasteiger partial charge in [0, 0.05) is 23.2 Å². The number of aliphatic hydroxyl groups is 1. The van der Waals surface area contributed by atoms with Crippen LogP contribution in [0.5, 0.6) is 0 Å². The van der Waals surface area contributed by atoms with Crippen LogP contribution < -0.4 is 10.6 Å². The average Bonchev–Trinajstić information content (AvgIpc) is 3.19. The van der Waals surface area contributed by atoms with Crippen molar-refractivity contribution in [2.75, 3.05) is 5.32 Å². The monoisotopic (exact) mass is 448 g/mol. The molecule has 2 aliphatic rings. The lowest BCUT2D eigenvalue weighted by Crippen LogP contribution is -2.32. The van der Waals surface area contributed by atoms with E-state index in [1.165, 1.54) is 31.4 Å². The molecule has 9 heteroatoms. The van der Waals surface area contributed by atoms with Crippen molar-refractivity contribution in [1.82, 2.24) is 25.5 Å². The van der Waals surface area contributed by atoms with Crippen molar-refractivity contribution in [2.45, 2.75) is 97.6 Å². The lowest BCUT2D eigenvalue weighted by Gasteiger charge is -2.05. The zero-order valence-corrected chi connectivity index (χ0v) is 20.3. The SMILES string of the molecule is CC.CC.CC(O)c1cnc(Nc2cc(C3CCCC3)[nH]n2)cn1.CC1(NC(=O)O)CC1. The molecule has 0 bridgehead atoms. The number of anilines is 2. The highest BCUT2D eigenvalue weighted by Gasteiger charge is 2.38. The number of amides is 1. The number of hydrogen-bond acceptors (Lipinski definition) is 6. The minimum absolute atomic E-state index is 0.0775. The van der Waals surface area contributed by atoms with Crippen molar-refractivity contribution in [3.8, 4) is 0 Å². The number of rotatable bonds is 5. The van der Waals surface area contributed by atoms with Gasteiger partial charge in [-0.15, -0.1) is 0 Å². The fraction of sp³-hybridized carbons (Fsp3) is 0.652. The highest BCUT2D eigenvalue weighted by Crippen LogP contribution is 2.34. The summed E-state index contributed by atoms with van der Waals surface area (Å²) in [7, 11) is 0. The second kappa shape index (κ2) is 13.7. The van der Waals surface area contributed by atoms with Gasteiger partial charge in [-0.1, -0.05) is 40.5 Å². The summed E-state index contributed by atoms with van der Waals surface area (Å²) in [6.45, 7) is 11.6. The van der Waals surface area contributed by atoms with Gasteiger partial charge in [-0.2, -0.15) is 5.10 Å². The summed E-state index contributed by atoms with van der Waals surface area (Å²) in [5.41, 5.74) is 1.68. The number of aliphatic hydroxyl groups excluding tert-OH is 1. The molecule has 0 saturated heterocycles. The van der Waals surface area contributed by atoms with Crippen LogP contribution in [-0.2, 0) is 0 Å². The van der Waals surface area contributed by atoms with Gasteiger partial charge in [0.2, 0.25) is 0 Å². The molecule has 0 aliphatic heterocycles. The number of H-pyrrole nitrogens is 1. The molecule has 4 rings (SSSR count). The van der Waals surface area contributed by atoms with E-state index in [-0.39, 0.29) is 5.54 Å². The predicted octanol–water partition coefficient (Wildman–Crippen LogP) is 5.51. The lowest BCUT2D eigenvalue weighted by atomic mass is 10.0. The average molecular weight is 449 g/mol. The van der Waals surface area contributed by atoms with Crippen LogP contribution in [0.25, 0.3) is 0 Å². The fourth-order valence-electron chi connectivity index (χ4n) is 3.17. The minimum Gasteiger partial charge on any atom is -0.465 e. The van der Waals surface area contributed by atoms with Gasteiger partial charge in [-0.05, 0) is 39.5 Å². The van der Waals surface area contributed by atoms with Crippen molar-refractivity contribution >= 4 is 17.7 Å². The number of nitrogens with one attached hydrogen (secondary N) is 3. The summed E-state index contributed by atoms with van der Waals surface area (Å²) in [6.07, 6.45) is 8.72. The Hall–Kier alpha value is -2.68. The van der Waals surface area contributed by atoms with Crippen LogP contribution in [0.4, 0.5) is 16.4 Å². The van der Waals surface area contributed by atoms with Crippen LogP contribution in [0.15, 0.2) is 18.5 Å². The summed E-state index contributed by atoms with van der Waals surface area (Å²) in [6, 6.07) is 2.04. The van der Waals surface area contributed by atoms with Crippen LogP contribution in [0.1, 0.15) is 103 Å². The van der Waals surface area contributed by atoms with E-state index in [2.05, 4.69) is 30.8 Å². The van der Waals surface area contributed by atoms with Crippen LogP contribution >= 0.6 is 0 Å². The topological polar surface area (TPSA) is 136 Å². The Bertz CT molecular complexity index is 781. The molecular weight excluding hydrogens is 408 g/mol. The van der Waals surface area contributed by atoms with Gasteiger partial charge in [-0.3, -0.25) is 10.1 Å². The third-order valence-corrected chi connectivity index (χ3v) is 5.16. The summed E-state index contributed by atoms with van der Waals surface area (Å²) >= 11 is 0. The summed E-state index contributed by atoms with van der Waals surface area (Å²) < 4.78 is 0. The molecule has 0 spiro atoms. The van der Waals surface area contributed by atoms with Crippen molar-refractivity contribution in [1.29, 1.82) is 0 Å². The van der Waals surface area contributed by atoms with Gasteiger partial charge in [0.25, 0.3) is 0 Å². The Morgan fingerprint density at radius 1 is 1.12 bits per heavy atom. The molecule has 0 aromatic carbocycles. The van der Waals surface area contributed by atoms with Gasteiger partial charge in [0.05, 0.1) is 24.2 Å². The smallest absolute Gasteiger partial charge is 0.405 e. The van der Waals surface area contributed by atoms with Crippen molar-refractivity contribution < 1.29 is 15.0 Å². The summed E-state index contributed by atoms with van der Waals surface area (Å²) in [5.74, 6) is 1.99. The van der Waals surface area contributed by atoms with E-state index in [0.717, 1.165) is 18.7 Å². The first-order valence-corrected chi connectivity index (χ1v) is 11.7. The number of aromatic nitrogens is 4. The molecule has 2 aromatic heterocycles. The maximum Gasteiger partial charge on any atom is 0.405 e. The third-order valence-electron chi connectivity index (χ3n) is 5.16. The molecule has 1 unspecified atom stereocenters. The number of aromatic amines is 1. The second-order valence-corrected chi connectivity index (χ2v) is 7.81. The maximum absolute atomic E-state index is 9.94. The van der Waals surface area contributed by atoms with E-state index in [4.69, 9.17) is 5.11 Å². The molecule has 1 amide bonds. The fourth-order valence-corrected chi connectivity index (χ4v) is 3.17. The van der Waals surface area contributed by atoms with Crippen LogP contribution in [0.3, 0.4) is 0 Å². The standard InChI is InChI=1S/C14H19N5O.C5H9NO2.2C2H6/c1-9(20)12-7-16-14(8-15-12)17-13-6-11(18-19-13)10-4-2-3-5-10;1-5(2-3-5)6-4(7)8;2*1-2/h6-10,20H,2-5H2,1H3,(H2,16,17,18,19);6H,2-3H2,1H3,(H,7,8);2*1-2H3. The molecule has 2 fully saturated rings. The van der Waals surface area contributed by atoms with E-state index in [1.807, 2.05) is 40.7 Å². The predicted molar refractivity (Wildman–Crippen MR) is 127 cm³/mol. The first-order chi connectivity index (χ1) is 15.3. The Morgan fingerprint density at radius 3 is 2.19 bits per heavy atom. The van der Waals surface area contributed by atoms with Crippen molar-refractivity contribution in [3.63, 3.8) is 0 Å². The van der Waals surface area contributed by atoms with Gasteiger partial charge in [0.1, 0.15) is 5.82 Å². The molecule has 5 N–H and O–H groups in total. The first kappa shape index (κ1) is 27.4. The number of carboxylic acid groups (broad SMARTS) is 1. The van der Waals surface area contributed by atoms with E-state index in [1.54, 1.807) is 19.3 Å². The maximum atomic E-state index is 9.94. The molecule has 2 aromatic rings. The Kier molecular flexibility index (Phi) is 11.7. The Balaban J connectivity index is 0.000000357. The van der Waals surface area contributed by atoms with Crippen LogP contribution in [0.2, 0.25) is 0 Å². The minimum atomic E-state index is -0.912. The highest BCUT2D eigenvalue weighted by atomic mass is 16.4.